The normalized spacial score (nSPS) is 12.5. The molecule has 114 valence electrons. The van der Waals surface area contributed by atoms with Gasteiger partial charge < -0.3 is 5.32 Å². The van der Waals surface area contributed by atoms with Crippen molar-refractivity contribution in [1.82, 2.24) is 15.1 Å². The lowest BCUT2D eigenvalue weighted by atomic mass is 10.2. The molecule has 1 unspecified atom stereocenters. The van der Waals surface area contributed by atoms with E-state index in [1.165, 1.54) is 16.0 Å². The van der Waals surface area contributed by atoms with Crippen LogP contribution in [0.4, 0.5) is 0 Å². The van der Waals surface area contributed by atoms with Gasteiger partial charge in [0.05, 0.1) is 6.20 Å². The molecule has 21 heavy (non-hydrogen) atoms. The van der Waals surface area contributed by atoms with E-state index in [1.54, 1.807) is 0 Å². The summed E-state index contributed by atoms with van der Waals surface area (Å²) < 4.78 is 1.99. The van der Waals surface area contributed by atoms with Crippen LogP contribution in [0.1, 0.15) is 37.4 Å². The standard InChI is InChI=1S/C17H25N3S/c1-4-10-18-16(15-11-19-20(5-2)12-15)13-21-17-9-7-6-8-14(17)3/h6-9,11-12,16,18H,4-5,10,13H2,1-3H3. The van der Waals surface area contributed by atoms with Crippen molar-refractivity contribution in [2.24, 2.45) is 0 Å². The van der Waals surface area contributed by atoms with Gasteiger partial charge in [-0.3, -0.25) is 4.68 Å². The van der Waals surface area contributed by atoms with E-state index < -0.39 is 0 Å². The predicted molar refractivity (Wildman–Crippen MR) is 90.8 cm³/mol. The highest BCUT2D eigenvalue weighted by atomic mass is 32.2. The molecule has 0 aliphatic carbocycles. The second-order valence-corrected chi connectivity index (χ2v) is 6.27. The topological polar surface area (TPSA) is 29.9 Å². The lowest BCUT2D eigenvalue weighted by Crippen LogP contribution is -2.23. The first-order valence-corrected chi connectivity index (χ1v) is 8.67. The zero-order valence-corrected chi connectivity index (χ0v) is 14.0. The summed E-state index contributed by atoms with van der Waals surface area (Å²) in [5.41, 5.74) is 2.63. The van der Waals surface area contributed by atoms with Gasteiger partial charge in [-0.25, -0.2) is 0 Å². The lowest BCUT2D eigenvalue weighted by molar-refractivity contribution is 0.575. The SMILES string of the molecule is CCCNC(CSc1ccccc1C)c1cnn(CC)c1. The van der Waals surface area contributed by atoms with E-state index in [4.69, 9.17) is 0 Å². The van der Waals surface area contributed by atoms with Crippen molar-refractivity contribution in [2.75, 3.05) is 12.3 Å². The van der Waals surface area contributed by atoms with Crippen LogP contribution in [0, 0.1) is 6.92 Å². The van der Waals surface area contributed by atoms with Gasteiger partial charge in [0, 0.05) is 35.0 Å². The van der Waals surface area contributed by atoms with E-state index in [9.17, 15) is 0 Å². The number of rotatable bonds is 8. The maximum absolute atomic E-state index is 4.40. The number of aromatic nitrogens is 2. The van der Waals surface area contributed by atoms with Crippen LogP contribution in [-0.2, 0) is 6.54 Å². The summed E-state index contributed by atoms with van der Waals surface area (Å²) in [7, 11) is 0. The summed E-state index contributed by atoms with van der Waals surface area (Å²) in [6, 6.07) is 8.93. The van der Waals surface area contributed by atoms with Crippen molar-refractivity contribution < 1.29 is 0 Å². The Balaban J connectivity index is 2.04. The Hall–Kier alpha value is -1.26. The molecule has 0 bridgehead atoms. The van der Waals surface area contributed by atoms with E-state index in [1.807, 2.05) is 22.6 Å². The van der Waals surface area contributed by atoms with Gasteiger partial charge >= 0.3 is 0 Å². The van der Waals surface area contributed by atoms with Crippen LogP contribution in [0.25, 0.3) is 0 Å². The lowest BCUT2D eigenvalue weighted by Gasteiger charge is -2.17. The van der Waals surface area contributed by atoms with Gasteiger partial charge in [-0.05, 0) is 38.4 Å². The third-order valence-corrected chi connectivity index (χ3v) is 4.79. The van der Waals surface area contributed by atoms with Crippen LogP contribution in [-0.4, -0.2) is 22.1 Å². The summed E-state index contributed by atoms with van der Waals surface area (Å²) >= 11 is 1.92. The quantitative estimate of drug-likeness (QED) is 0.746. The number of thioether (sulfide) groups is 1. The molecular weight excluding hydrogens is 278 g/mol. The molecule has 2 aromatic rings. The highest BCUT2D eigenvalue weighted by Gasteiger charge is 2.13. The molecule has 0 aliphatic heterocycles. The molecule has 1 heterocycles. The highest BCUT2D eigenvalue weighted by Crippen LogP contribution is 2.27. The molecular formula is C17H25N3S. The molecule has 1 aromatic carbocycles. The zero-order chi connectivity index (χ0) is 15.1. The molecule has 1 aromatic heterocycles. The van der Waals surface area contributed by atoms with E-state index in [2.05, 4.69) is 61.6 Å². The minimum Gasteiger partial charge on any atom is -0.309 e. The van der Waals surface area contributed by atoms with Gasteiger partial charge in [-0.15, -0.1) is 11.8 Å². The third kappa shape index (κ3) is 4.61. The first-order chi connectivity index (χ1) is 10.2. The van der Waals surface area contributed by atoms with E-state index in [-0.39, 0.29) is 0 Å². The van der Waals surface area contributed by atoms with Crippen molar-refractivity contribution in [3.05, 3.63) is 47.8 Å². The molecule has 1 atom stereocenters. The second kappa shape index (κ2) is 8.25. The second-order valence-electron chi connectivity index (χ2n) is 5.21. The predicted octanol–water partition coefficient (Wildman–Crippen LogP) is 4.04. The number of benzene rings is 1. The Morgan fingerprint density at radius 3 is 2.76 bits per heavy atom. The number of hydrogen-bond donors (Lipinski definition) is 1. The van der Waals surface area contributed by atoms with Crippen LogP contribution < -0.4 is 5.32 Å². The summed E-state index contributed by atoms with van der Waals surface area (Å²) in [6.45, 7) is 8.45. The van der Waals surface area contributed by atoms with Crippen molar-refractivity contribution >= 4 is 11.8 Å². The maximum Gasteiger partial charge on any atom is 0.0537 e. The fourth-order valence-corrected chi connectivity index (χ4v) is 3.34. The fourth-order valence-electron chi connectivity index (χ4n) is 2.22. The summed E-state index contributed by atoms with van der Waals surface area (Å²) in [5.74, 6) is 1.03. The maximum atomic E-state index is 4.40. The molecule has 0 aliphatic rings. The smallest absolute Gasteiger partial charge is 0.0537 e. The third-order valence-electron chi connectivity index (χ3n) is 3.52. The molecule has 2 rings (SSSR count). The van der Waals surface area contributed by atoms with Crippen molar-refractivity contribution in [1.29, 1.82) is 0 Å². The number of hydrogen-bond acceptors (Lipinski definition) is 3. The van der Waals surface area contributed by atoms with Crippen LogP contribution >= 0.6 is 11.8 Å². The molecule has 3 nitrogen and oxygen atoms in total. The minimum atomic E-state index is 0.356. The average molecular weight is 303 g/mol. The Morgan fingerprint density at radius 1 is 1.29 bits per heavy atom. The molecule has 0 fully saturated rings. The van der Waals surface area contributed by atoms with E-state index in [0.717, 1.165) is 25.3 Å². The summed E-state index contributed by atoms with van der Waals surface area (Å²) in [6.07, 6.45) is 5.30. The van der Waals surface area contributed by atoms with Gasteiger partial charge in [-0.2, -0.15) is 5.10 Å². The zero-order valence-electron chi connectivity index (χ0n) is 13.2. The monoisotopic (exact) mass is 303 g/mol. The van der Waals surface area contributed by atoms with Gasteiger partial charge in [-0.1, -0.05) is 25.1 Å². The van der Waals surface area contributed by atoms with Gasteiger partial charge in [0.1, 0.15) is 0 Å². The van der Waals surface area contributed by atoms with Crippen LogP contribution in [0.15, 0.2) is 41.6 Å². The Bertz CT molecular complexity index is 550. The summed E-state index contributed by atoms with van der Waals surface area (Å²) in [5, 5.41) is 8.04. The van der Waals surface area contributed by atoms with Crippen molar-refractivity contribution in [3.63, 3.8) is 0 Å². The van der Waals surface area contributed by atoms with Crippen LogP contribution in [0.2, 0.25) is 0 Å². The fraction of sp³-hybridized carbons (Fsp3) is 0.471. The first kappa shape index (κ1) is 16.1. The molecule has 1 N–H and O–H groups in total. The average Bonchev–Trinajstić information content (AvgIpc) is 2.98. The van der Waals surface area contributed by atoms with Crippen LogP contribution in [0.5, 0.6) is 0 Å². The van der Waals surface area contributed by atoms with Gasteiger partial charge in [0.15, 0.2) is 0 Å². The van der Waals surface area contributed by atoms with Crippen molar-refractivity contribution in [2.45, 2.75) is 44.7 Å². The largest absolute Gasteiger partial charge is 0.309 e. The van der Waals surface area contributed by atoms with Gasteiger partial charge in [0.2, 0.25) is 0 Å². The number of aryl methyl sites for hydroxylation is 2. The molecule has 0 saturated carbocycles. The minimum absolute atomic E-state index is 0.356. The molecule has 0 saturated heterocycles. The van der Waals surface area contributed by atoms with E-state index >= 15 is 0 Å². The summed E-state index contributed by atoms with van der Waals surface area (Å²) in [4.78, 5) is 1.36. The van der Waals surface area contributed by atoms with Gasteiger partial charge in [0.25, 0.3) is 0 Å². The molecule has 0 radical (unpaired) electrons. The Kier molecular flexibility index (Phi) is 6.33. The molecule has 0 spiro atoms. The number of nitrogens with one attached hydrogen (secondary N) is 1. The molecule has 0 amide bonds. The Labute approximate surface area is 132 Å². The van der Waals surface area contributed by atoms with E-state index in [0.29, 0.717) is 6.04 Å². The van der Waals surface area contributed by atoms with Crippen LogP contribution in [0.3, 0.4) is 0 Å². The highest BCUT2D eigenvalue weighted by molar-refractivity contribution is 7.99. The molecule has 4 heteroatoms. The Morgan fingerprint density at radius 2 is 2.10 bits per heavy atom. The first-order valence-electron chi connectivity index (χ1n) is 7.68. The number of nitrogens with zero attached hydrogens (tertiary/aromatic N) is 2. The van der Waals surface area contributed by atoms with Crippen molar-refractivity contribution in [3.8, 4) is 0 Å².